The lowest BCUT2D eigenvalue weighted by Gasteiger charge is -2.33. The largest absolute Gasteiger partial charge is 0.357 e. The van der Waals surface area contributed by atoms with E-state index in [9.17, 15) is 18.0 Å². The Balaban J connectivity index is 1.78. The summed E-state index contributed by atoms with van der Waals surface area (Å²) in [6.07, 6.45) is 0.265. The van der Waals surface area contributed by atoms with E-state index in [1.807, 2.05) is 68.4 Å². The monoisotopic (exact) mass is 647 g/mol. The Hall–Kier alpha value is -3.95. The Labute approximate surface area is 256 Å². The van der Waals surface area contributed by atoms with Gasteiger partial charge in [0.25, 0.3) is 10.0 Å². The van der Waals surface area contributed by atoms with Gasteiger partial charge in [-0.25, -0.2) is 8.42 Å². The fraction of sp³-hybridized carbons (Fsp3) is 0.212. The van der Waals surface area contributed by atoms with E-state index in [1.54, 1.807) is 36.4 Å². The quantitative estimate of drug-likeness (QED) is 0.228. The molecule has 218 valence electrons. The highest BCUT2D eigenvalue weighted by molar-refractivity contribution is 9.10. The number of sulfonamides is 1. The Morgan fingerprint density at radius 3 is 2.07 bits per heavy atom. The van der Waals surface area contributed by atoms with Gasteiger partial charge in [0.2, 0.25) is 11.8 Å². The second kappa shape index (κ2) is 13.8. The molecule has 4 rings (SSSR count). The molecule has 42 heavy (non-hydrogen) atoms. The summed E-state index contributed by atoms with van der Waals surface area (Å²) in [5.41, 5.74) is 3.98. The Morgan fingerprint density at radius 1 is 0.810 bits per heavy atom. The number of aryl methyl sites for hydroxylation is 2. The predicted molar refractivity (Wildman–Crippen MR) is 170 cm³/mol. The van der Waals surface area contributed by atoms with Gasteiger partial charge in [-0.05, 0) is 61.4 Å². The lowest BCUT2D eigenvalue weighted by Crippen LogP contribution is -2.53. The molecule has 4 aromatic carbocycles. The first-order valence-electron chi connectivity index (χ1n) is 13.5. The SMILES string of the molecule is CNC(=O)[C@H](Cc1ccccc1)N(Cc1cccc(C)c1)C(=O)CN(c1ccc(Br)cc1)S(=O)(=O)c1ccc(C)cc1. The molecule has 2 amide bonds. The van der Waals surface area contributed by atoms with E-state index in [-0.39, 0.29) is 23.8 Å². The summed E-state index contributed by atoms with van der Waals surface area (Å²) in [6.45, 7) is 3.47. The second-order valence-corrected chi connectivity index (χ2v) is 12.9. The number of rotatable bonds is 11. The molecule has 0 aliphatic rings. The van der Waals surface area contributed by atoms with E-state index in [1.165, 1.54) is 24.1 Å². The number of halogens is 1. The minimum absolute atomic E-state index is 0.0705. The van der Waals surface area contributed by atoms with Crippen LogP contribution in [-0.2, 0) is 32.6 Å². The lowest BCUT2D eigenvalue weighted by molar-refractivity contribution is -0.139. The number of anilines is 1. The zero-order valence-electron chi connectivity index (χ0n) is 23.8. The van der Waals surface area contributed by atoms with Crippen LogP contribution in [-0.4, -0.2) is 44.8 Å². The molecule has 0 fully saturated rings. The van der Waals surface area contributed by atoms with Crippen molar-refractivity contribution in [1.82, 2.24) is 10.2 Å². The van der Waals surface area contributed by atoms with Crippen LogP contribution in [0, 0.1) is 13.8 Å². The second-order valence-electron chi connectivity index (χ2n) is 10.1. The van der Waals surface area contributed by atoms with Gasteiger partial charge in [0.1, 0.15) is 12.6 Å². The van der Waals surface area contributed by atoms with E-state index in [2.05, 4.69) is 21.2 Å². The van der Waals surface area contributed by atoms with Gasteiger partial charge in [0.15, 0.2) is 0 Å². The first-order valence-corrected chi connectivity index (χ1v) is 15.8. The normalized spacial score (nSPS) is 11.9. The maximum Gasteiger partial charge on any atom is 0.264 e. The predicted octanol–water partition coefficient (Wildman–Crippen LogP) is 5.65. The molecule has 1 atom stereocenters. The smallest absolute Gasteiger partial charge is 0.264 e. The van der Waals surface area contributed by atoms with Crippen molar-refractivity contribution in [3.05, 3.63) is 130 Å². The number of hydrogen-bond acceptors (Lipinski definition) is 4. The molecule has 0 aliphatic carbocycles. The van der Waals surface area contributed by atoms with Crippen molar-refractivity contribution in [1.29, 1.82) is 0 Å². The summed E-state index contributed by atoms with van der Waals surface area (Å²) in [5.74, 6) is -0.837. The fourth-order valence-electron chi connectivity index (χ4n) is 4.70. The van der Waals surface area contributed by atoms with Gasteiger partial charge in [0, 0.05) is 24.5 Å². The van der Waals surface area contributed by atoms with Gasteiger partial charge in [-0.1, -0.05) is 93.8 Å². The third-order valence-corrected chi connectivity index (χ3v) is 9.27. The minimum atomic E-state index is -4.13. The molecule has 9 heteroatoms. The highest BCUT2D eigenvalue weighted by Crippen LogP contribution is 2.27. The number of nitrogens with one attached hydrogen (secondary N) is 1. The maximum atomic E-state index is 14.3. The summed E-state index contributed by atoms with van der Waals surface area (Å²) < 4.78 is 29.9. The zero-order chi connectivity index (χ0) is 30.3. The van der Waals surface area contributed by atoms with E-state index >= 15 is 0 Å². The first kappa shape index (κ1) is 31.0. The molecule has 0 saturated heterocycles. The van der Waals surface area contributed by atoms with Crippen LogP contribution < -0.4 is 9.62 Å². The molecule has 0 radical (unpaired) electrons. The van der Waals surface area contributed by atoms with Crippen molar-refractivity contribution in [3.63, 3.8) is 0 Å². The fourth-order valence-corrected chi connectivity index (χ4v) is 6.38. The number of carbonyl (C=O) groups is 2. The topological polar surface area (TPSA) is 86.8 Å². The Morgan fingerprint density at radius 2 is 1.45 bits per heavy atom. The maximum absolute atomic E-state index is 14.3. The zero-order valence-corrected chi connectivity index (χ0v) is 26.2. The first-order chi connectivity index (χ1) is 20.1. The van der Waals surface area contributed by atoms with Crippen molar-refractivity contribution in [2.24, 2.45) is 0 Å². The standard InChI is InChI=1S/C33H34BrN3O4S/c1-24-12-18-30(19-13-24)42(40,41)37(29-16-14-28(34)15-17-29)23-32(38)36(22-27-11-7-8-25(2)20-27)31(33(39)35-3)21-26-9-5-4-6-10-26/h4-20,31H,21-23H2,1-3H3,(H,35,39)/t31-/m0/s1. The third kappa shape index (κ3) is 7.66. The van der Waals surface area contributed by atoms with Gasteiger partial charge in [-0.15, -0.1) is 0 Å². The number of carbonyl (C=O) groups excluding carboxylic acids is 2. The van der Waals surface area contributed by atoms with Crippen LogP contribution in [0.5, 0.6) is 0 Å². The van der Waals surface area contributed by atoms with Crippen LogP contribution in [0.3, 0.4) is 0 Å². The average Bonchev–Trinajstić information content (AvgIpc) is 2.98. The lowest BCUT2D eigenvalue weighted by atomic mass is 10.0. The molecular formula is C33H34BrN3O4S. The highest BCUT2D eigenvalue weighted by Gasteiger charge is 2.34. The molecule has 0 unspecified atom stereocenters. The van der Waals surface area contributed by atoms with Gasteiger partial charge < -0.3 is 10.2 Å². The number of nitrogens with zero attached hydrogens (tertiary/aromatic N) is 2. The highest BCUT2D eigenvalue weighted by atomic mass is 79.9. The number of hydrogen-bond donors (Lipinski definition) is 1. The minimum Gasteiger partial charge on any atom is -0.357 e. The molecule has 1 N–H and O–H groups in total. The number of benzene rings is 4. The van der Waals surface area contributed by atoms with Crippen molar-refractivity contribution in [3.8, 4) is 0 Å². The molecule has 0 aromatic heterocycles. The van der Waals surface area contributed by atoms with E-state index in [0.29, 0.717) is 5.69 Å². The van der Waals surface area contributed by atoms with Gasteiger partial charge >= 0.3 is 0 Å². The average molecular weight is 649 g/mol. The van der Waals surface area contributed by atoms with Crippen LogP contribution in [0.15, 0.2) is 112 Å². The molecule has 4 aromatic rings. The summed E-state index contributed by atoms with van der Waals surface area (Å²) in [6, 6.07) is 29.6. The molecule has 0 bridgehead atoms. The van der Waals surface area contributed by atoms with Crippen LogP contribution in [0.4, 0.5) is 5.69 Å². The third-order valence-electron chi connectivity index (χ3n) is 6.96. The van der Waals surface area contributed by atoms with Gasteiger partial charge in [0.05, 0.1) is 10.6 Å². The molecule has 7 nitrogen and oxygen atoms in total. The van der Waals surface area contributed by atoms with Crippen molar-refractivity contribution in [2.75, 3.05) is 17.9 Å². The van der Waals surface area contributed by atoms with Gasteiger partial charge in [-0.3, -0.25) is 13.9 Å². The van der Waals surface area contributed by atoms with Crippen LogP contribution in [0.1, 0.15) is 22.3 Å². The summed E-state index contributed by atoms with van der Waals surface area (Å²) in [5, 5.41) is 2.70. The van der Waals surface area contributed by atoms with Crippen molar-refractivity contribution in [2.45, 2.75) is 37.8 Å². The van der Waals surface area contributed by atoms with Crippen LogP contribution >= 0.6 is 15.9 Å². The summed E-state index contributed by atoms with van der Waals surface area (Å²) in [7, 11) is -2.60. The van der Waals surface area contributed by atoms with Crippen molar-refractivity contribution < 1.29 is 18.0 Å². The van der Waals surface area contributed by atoms with Crippen LogP contribution in [0.2, 0.25) is 0 Å². The number of likely N-dealkylation sites (N-methyl/N-ethyl adjacent to an activating group) is 1. The summed E-state index contributed by atoms with van der Waals surface area (Å²) >= 11 is 3.40. The van der Waals surface area contributed by atoms with Gasteiger partial charge in [-0.2, -0.15) is 0 Å². The molecule has 0 spiro atoms. The van der Waals surface area contributed by atoms with E-state index in [0.717, 1.165) is 31.0 Å². The van der Waals surface area contributed by atoms with E-state index in [4.69, 9.17) is 0 Å². The molecule has 0 saturated carbocycles. The van der Waals surface area contributed by atoms with Crippen LogP contribution in [0.25, 0.3) is 0 Å². The molecular weight excluding hydrogens is 614 g/mol. The number of amides is 2. The molecule has 0 aliphatic heterocycles. The Bertz CT molecular complexity index is 1630. The van der Waals surface area contributed by atoms with Crippen molar-refractivity contribution >= 4 is 43.5 Å². The molecule has 0 heterocycles. The summed E-state index contributed by atoms with van der Waals surface area (Å²) in [4.78, 5) is 29.2. The van der Waals surface area contributed by atoms with E-state index < -0.39 is 28.5 Å². The Kier molecular flexibility index (Phi) is 10.2.